The van der Waals surface area contributed by atoms with Crippen LogP contribution in [0, 0.1) is 0 Å². The number of amides is 1. The van der Waals surface area contributed by atoms with E-state index in [1.54, 1.807) is 11.3 Å². The van der Waals surface area contributed by atoms with Gasteiger partial charge < -0.3 is 14.7 Å². The molecule has 0 saturated carbocycles. The maximum absolute atomic E-state index is 11.0. The molecule has 1 aromatic heterocycles. The molecule has 1 N–H and O–H groups in total. The van der Waals surface area contributed by atoms with Crippen LogP contribution in [0.5, 0.6) is 5.75 Å². The van der Waals surface area contributed by atoms with E-state index in [2.05, 4.69) is 15.9 Å². The zero-order valence-corrected chi connectivity index (χ0v) is 13.6. The highest BCUT2D eigenvalue weighted by Crippen LogP contribution is 2.27. The average molecular weight is 368 g/mol. The minimum Gasteiger partial charge on any atom is -0.489 e. The maximum atomic E-state index is 11.0. The van der Waals surface area contributed by atoms with Gasteiger partial charge >= 0.3 is 6.09 Å². The number of nitrogens with zero attached hydrogens (tertiary/aromatic N) is 1. The van der Waals surface area contributed by atoms with E-state index in [0.29, 0.717) is 19.7 Å². The first kappa shape index (κ1) is 14.4. The lowest BCUT2D eigenvalue weighted by atomic mass is 10.00. The maximum Gasteiger partial charge on any atom is 0.407 e. The summed E-state index contributed by atoms with van der Waals surface area (Å²) in [6.07, 6.45) is -0.121. The number of hydrogen-bond acceptors (Lipinski definition) is 3. The van der Waals surface area contributed by atoms with E-state index >= 15 is 0 Å². The molecule has 0 aliphatic carbocycles. The van der Waals surface area contributed by atoms with Crippen LogP contribution in [0.2, 0.25) is 0 Å². The summed E-state index contributed by atoms with van der Waals surface area (Å²) in [4.78, 5) is 12.4. The predicted octanol–water partition coefficient (Wildman–Crippen LogP) is 4.13. The Kier molecular flexibility index (Phi) is 4.17. The van der Waals surface area contributed by atoms with Crippen molar-refractivity contribution in [2.75, 3.05) is 6.54 Å². The lowest BCUT2D eigenvalue weighted by molar-refractivity contribution is 0.140. The molecule has 0 radical (unpaired) electrons. The molecule has 4 nitrogen and oxygen atoms in total. The van der Waals surface area contributed by atoms with Crippen molar-refractivity contribution in [2.45, 2.75) is 19.6 Å². The van der Waals surface area contributed by atoms with Crippen molar-refractivity contribution in [3.8, 4) is 5.75 Å². The van der Waals surface area contributed by atoms with E-state index in [1.165, 1.54) is 10.5 Å². The van der Waals surface area contributed by atoms with Gasteiger partial charge in [-0.05, 0) is 57.1 Å². The van der Waals surface area contributed by atoms with Gasteiger partial charge in [0.05, 0.1) is 3.79 Å². The second-order valence-corrected chi connectivity index (χ2v) is 7.13. The molecule has 0 spiro atoms. The molecule has 1 aromatic carbocycles. The van der Waals surface area contributed by atoms with Gasteiger partial charge in [0, 0.05) is 18.7 Å². The Morgan fingerprint density at radius 1 is 1.38 bits per heavy atom. The number of thiophene rings is 1. The summed E-state index contributed by atoms with van der Waals surface area (Å²) in [5.41, 5.74) is 3.37. The van der Waals surface area contributed by atoms with E-state index in [4.69, 9.17) is 9.84 Å². The molecule has 21 heavy (non-hydrogen) atoms. The molecule has 2 heterocycles. The number of rotatable bonds is 3. The molecular weight excluding hydrogens is 354 g/mol. The van der Waals surface area contributed by atoms with Gasteiger partial charge in [0.15, 0.2) is 0 Å². The van der Waals surface area contributed by atoms with E-state index in [-0.39, 0.29) is 0 Å². The minimum atomic E-state index is -0.858. The third kappa shape index (κ3) is 3.22. The Hall–Kier alpha value is -1.53. The van der Waals surface area contributed by atoms with Gasteiger partial charge in [-0.2, -0.15) is 0 Å². The summed E-state index contributed by atoms with van der Waals surface area (Å²) in [6.45, 7) is 1.53. The summed E-state index contributed by atoms with van der Waals surface area (Å²) in [7, 11) is 0. The van der Waals surface area contributed by atoms with Gasteiger partial charge in [-0.1, -0.05) is 6.07 Å². The van der Waals surface area contributed by atoms with Gasteiger partial charge in [-0.3, -0.25) is 0 Å². The van der Waals surface area contributed by atoms with Crippen LogP contribution in [0.15, 0.2) is 33.4 Å². The molecule has 0 saturated heterocycles. The topological polar surface area (TPSA) is 49.8 Å². The van der Waals surface area contributed by atoms with Gasteiger partial charge in [0.2, 0.25) is 0 Å². The van der Waals surface area contributed by atoms with Crippen LogP contribution in [0.3, 0.4) is 0 Å². The van der Waals surface area contributed by atoms with Crippen molar-refractivity contribution in [1.29, 1.82) is 0 Å². The average Bonchev–Trinajstić information content (AvgIpc) is 2.89. The molecule has 0 fully saturated rings. The van der Waals surface area contributed by atoms with Crippen LogP contribution < -0.4 is 4.74 Å². The number of ether oxygens (including phenoxy) is 1. The van der Waals surface area contributed by atoms with Crippen LogP contribution in [0.1, 0.15) is 16.7 Å². The van der Waals surface area contributed by atoms with Crippen LogP contribution in [-0.2, 0) is 19.6 Å². The van der Waals surface area contributed by atoms with Gasteiger partial charge in [0.25, 0.3) is 0 Å². The van der Waals surface area contributed by atoms with Gasteiger partial charge in [-0.25, -0.2) is 4.79 Å². The molecular formula is C15H14BrNO3S. The summed E-state index contributed by atoms with van der Waals surface area (Å²) in [5, 5.41) is 11.1. The highest BCUT2D eigenvalue weighted by Gasteiger charge is 2.20. The Balaban J connectivity index is 1.69. The molecule has 2 aromatic rings. The zero-order chi connectivity index (χ0) is 14.8. The second-order valence-electron chi connectivity index (χ2n) is 4.89. The molecule has 1 amide bonds. The highest BCUT2D eigenvalue weighted by atomic mass is 79.9. The standard InChI is InChI=1S/C15H14BrNO3S/c16-14-12(4-6-21-14)9-20-13-2-1-11-8-17(15(18)19)5-3-10(11)7-13/h1-2,4,6-7H,3,5,8-9H2,(H,18,19). The van der Waals surface area contributed by atoms with E-state index in [0.717, 1.165) is 27.1 Å². The smallest absolute Gasteiger partial charge is 0.407 e. The van der Waals surface area contributed by atoms with Crippen molar-refractivity contribution in [3.63, 3.8) is 0 Å². The molecule has 0 bridgehead atoms. The van der Waals surface area contributed by atoms with Crippen molar-refractivity contribution in [3.05, 3.63) is 50.1 Å². The largest absolute Gasteiger partial charge is 0.489 e. The van der Waals surface area contributed by atoms with Crippen molar-refractivity contribution < 1.29 is 14.6 Å². The van der Waals surface area contributed by atoms with Crippen LogP contribution in [-0.4, -0.2) is 22.6 Å². The van der Waals surface area contributed by atoms with Crippen molar-refractivity contribution in [2.24, 2.45) is 0 Å². The van der Waals surface area contributed by atoms with Crippen molar-refractivity contribution >= 4 is 33.4 Å². The Bertz CT molecular complexity index is 671. The first-order chi connectivity index (χ1) is 10.1. The number of benzene rings is 1. The van der Waals surface area contributed by atoms with Crippen LogP contribution in [0.25, 0.3) is 0 Å². The predicted molar refractivity (Wildman–Crippen MR) is 84.9 cm³/mol. The lowest BCUT2D eigenvalue weighted by Gasteiger charge is -2.26. The molecule has 6 heteroatoms. The third-order valence-corrected chi connectivity index (χ3v) is 5.36. The quantitative estimate of drug-likeness (QED) is 0.887. The molecule has 110 valence electrons. The monoisotopic (exact) mass is 367 g/mol. The number of carbonyl (C=O) groups is 1. The number of fused-ring (bicyclic) bond motifs is 1. The second kappa shape index (κ2) is 6.07. The van der Waals surface area contributed by atoms with E-state index in [1.807, 2.05) is 29.6 Å². The molecule has 3 rings (SSSR count). The fourth-order valence-electron chi connectivity index (χ4n) is 2.37. The van der Waals surface area contributed by atoms with Crippen LogP contribution in [0.4, 0.5) is 4.79 Å². The highest BCUT2D eigenvalue weighted by molar-refractivity contribution is 9.11. The summed E-state index contributed by atoms with van der Waals surface area (Å²) in [6, 6.07) is 7.93. The van der Waals surface area contributed by atoms with E-state index < -0.39 is 6.09 Å². The summed E-state index contributed by atoms with van der Waals surface area (Å²) >= 11 is 5.14. The SMILES string of the molecule is O=C(O)N1CCc2cc(OCc3ccsc3Br)ccc2C1. The lowest BCUT2D eigenvalue weighted by Crippen LogP contribution is -2.34. The Labute approximate surface area is 135 Å². The van der Waals surface area contributed by atoms with Crippen LogP contribution >= 0.6 is 27.3 Å². The number of carboxylic acid groups (broad SMARTS) is 1. The fourth-order valence-corrected chi connectivity index (χ4v) is 3.57. The summed E-state index contributed by atoms with van der Waals surface area (Å²) < 4.78 is 6.91. The molecule has 1 aliphatic rings. The Morgan fingerprint density at radius 3 is 2.95 bits per heavy atom. The minimum absolute atomic E-state index is 0.459. The van der Waals surface area contributed by atoms with Gasteiger partial charge in [-0.15, -0.1) is 11.3 Å². The summed E-state index contributed by atoms with van der Waals surface area (Å²) in [5.74, 6) is 0.829. The number of hydrogen-bond donors (Lipinski definition) is 1. The normalized spacial score (nSPS) is 13.9. The van der Waals surface area contributed by atoms with E-state index in [9.17, 15) is 4.79 Å². The fraction of sp³-hybridized carbons (Fsp3) is 0.267. The zero-order valence-electron chi connectivity index (χ0n) is 11.2. The first-order valence-electron chi connectivity index (χ1n) is 6.58. The van der Waals surface area contributed by atoms with Gasteiger partial charge in [0.1, 0.15) is 12.4 Å². The first-order valence-corrected chi connectivity index (χ1v) is 8.25. The van der Waals surface area contributed by atoms with Crippen molar-refractivity contribution in [1.82, 2.24) is 4.90 Å². The number of halogens is 1. The third-order valence-electron chi connectivity index (χ3n) is 3.55. The molecule has 1 aliphatic heterocycles. The Morgan fingerprint density at radius 2 is 2.24 bits per heavy atom. The molecule has 0 atom stereocenters. The molecule has 0 unspecified atom stereocenters.